The molecule has 2 rings (SSSR count). The van der Waals surface area contributed by atoms with E-state index >= 15 is 0 Å². The molecule has 0 aromatic carbocycles. The third kappa shape index (κ3) is 2.98. The Morgan fingerprint density at radius 2 is 2.22 bits per heavy atom. The van der Waals surface area contributed by atoms with Gasteiger partial charge in [-0.25, -0.2) is 4.79 Å². The van der Waals surface area contributed by atoms with Crippen LogP contribution in [0.3, 0.4) is 0 Å². The highest BCUT2D eigenvalue weighted by Gasteiger charge is 2.29. The number of thioether (sulfide) groups is 1. The van der Waals surface area contributed by atoms with E-state index in [1.807, 2.05) is 23.6 Å². The van der Waals surface area contributed by atoms with Gasteiger partial charge >= 0.3 is 12.0 Å². The molecule has 0 saturated carbocycles. The van der Waals surface area contributed by atoms with Crippen LogP contribution in [0.15, 0.2) is 12.2 Å². The lowest BCUT2D eigenvalue weighted by Gasteiger charge is -2.33. The molecule has 0 radical (unpaired) electrons. The molecular formula is C12H18N2O3S. The Kier molecular flexibility index (Phi) is 4.16. The molecule has 1 aliphatic carbocycles. The Bertz CT molecular complexity index is 372. The van der Waals surface area contributed by atoms with E-state index in [1.165, 1.54) is 0 Å². The van der Waals surface area contributed by atoms with Crippen LogP contribution in [0.25, 0.3) is 0 Å². The van der Waals surface area contributed by atoms with Crippen LogP contribution in [0.2, 0.25) is 0 Å². The van der Waals surface area contributed by atoms with Gasteiger partial charge in [-0.15, -0.1) is 0 Å². The zero-order valence-electron chi connectivity index (χ0n) is 10.3. The molecule has 1 fully saturated rings. The molecule has 1 saturated heterocycles. The number of carbonyl (C=O) groups excluding carboxylic acids is 1. The molecule has 0 aromatic rings. The van der Waals surface area contributed by atoms with Crippen LogP contribution in [0.5, 0.6) is 0 Å². The van der Waals surface area contributed by atoms with Gasteiger partial charge in [-0.2, -0.15) is 11.8 Å². The second-order valence-corrected chi connectivity index (χ2v) is 5.89. The minimum Gasteiger partial charge on any atom is -0.481 e. The molecule has 3 atom stereocenters. The van der Waals surface area contributed by atoms with Crippen molar-refractivity contribution in [1.82, 2.24) is 10.2 Å². The minimum absolute atomic E-state index is 0.0801. The number of nitrogens with one attached hydrogen (secondary N) is 1. The van der Waals surface area contributed by atoms with Gasteiger partial charge in [0.05, 0.1) is 12.0 Å². The summed E-state index contributed by atoms with van der Waals surface area (Å²) in [4.78, 5) is 24.7. The lowest BCUT2D eigenvalue weighted by molar-refractivity contribution is -0.140. The number of amides is 2. The number of carboxylic acids is 1. The first-order valence-electron chi connectivity index (χ1n) is 6.14. The van der Waals surface area contributed by atoms with Gasteiger partial charge in [-0.05, 0) is 13.3 Å². The topological polar surface area (TPSA) is 69.6 Å². The second-order valence-electron chi connectivity index (χ2n) is 4.74. The predicted octanol–water partition coefficient (Wildman–Crippen LogP) is 1.16. The third-order valence-electron chi connectivity index (χ3n) is 3.34. The monoisotopic (exact) mass is 270 g/mol. The molecule has 3 unspecified atom stereocenters. The average Bonchev–Trinajstić information content (AvgIpc) is 2.78. The Morgan fingerprint density at radius 1 is 1.44 bits per heavy atom. The first-order valence-corrected chi connectivity index (χ1v) is 7.29. The number of rotatable bonds is 2. The summed E-state index contributed by atoms with van der Waals surface area (Å²) in [5, 5.41) is 11.8. The van der Waals surface area contributed by atoms with Crippen molar-refractivity contribution >= 4 is 23.8 Å². The van der Waals surface area contributed by atoms with Crippen molar-refractivity contribution < 1.29 is 14.7 Å². The van der Waals surface area contributed by atoms with Crippen LogP contribution < -0.4 is 5.32 Å². The van der Waals surface area contributed by atoms with Crippen LogP contribution in [-0.2, 0) is 4.79 Å². The second kappa shape index (κ2) is 5.65. The van der Waals surface area contributed by atoms with E-state index in [4.69, 9.17) is 5.11 Å². The number of urea groups is 1. The van der Waals surface area contributed by atoms with Gasteiger partial charge in [0.2, 0.25) is 0 Å². The molecule has 0 bridgehead atoms. The van der Waals surface area contributed by atoms with Gasteiger partial charge in [0, 0.05) is 24.1 Å². The van der Waals surface area contributed by atoms with Crippen molar-refractivity contribution in [3.05, 3.63) is 12.2 Å². The van der Waals surface area contributed by atoms with E-state index in [0.29, 0.717) is 6.42 Å². The van der Waals surface area contributed by atoms with E-state index in [2.05, 4.69) is 5.32 Å². The van der Waals surface area contributed by atoms with Crippen LogP contribution in [0, 0.1) is 5.92 Å². The highest BCUT2D eigenvalue weighted by atomic mass is 32.2. The predicted molar refractivity (Wildman–Crippen MR) is 70.7 cm³/mol. The Labute approximate surface area is 111 Å². The Morgan fingerprint density at radius 3 is 2.83 bits per heavy atom. The normalized spacial score (nSPS) is 31.4. The van der Waals surface area contributed by atoms with E-state index in [9.17, 15) is 9.59 Å². The molecule has 1 aliphatic heterocycles. The SMILES string of the molecule is CC1CSCCN1C(=O)NC1C=CC(C(=O)O)C1. The number of aliphatic carboxylic acids is 1. The van der Waals surface area contributed by atoms with Gasteiger partial charge in [-0.3, -0.25) is 4.79 Å². The summed E-state index contributed by atoms with van der Waals surface area (Å²) < 4.78 is 0. The summed E-state index contributed by atoms with van der Waals surface area (Å²) >= 11 is 1.86. The third-order valence-corrected chi connectivity index (χ3v) is 4.53. The van der Waals surface area contributed by atoms with Crippen molar-refractivity contribution in [2.75, 3.05) is 18.1 Å². The maximum atomic E-state index is 12.1. The van der Waals surface area contributed by atoms with Crippen LogP contribution in [0.1, 0.15) is 13.3 Å². The van der Waals surface area contributed by atoms with Crippen molar-refractivity contribution in [1.29, 1.82) is 0 Å². The zero-order valence-corrected chi connectivity index (χ0v) is 11.2. The number of nitrogens with zero attached hydrogens (tertiary/aromatic N) is 1. The van der Waals surface area contributed by atoms with Crippen LogP contribution in [-0.4, -0.2) is 52.1 Å². The zero-order chi connectivity index (χ0) is 13.1. The fourth-order valence-corrected chi connectivity index (χ4v) is 3.27. The minimum atomic E-state index is -0.828. The van der Waals surface area contributed by atoms with Gasteiger partial charge < -0.3 is 15.3 Å². The lowest BCUT2D eigenvalue weighted by atomic mass is 10.1. The highest BCUT2D eigenvalue weighted by Crippen LogP contribution is 2.20. The molecule has 2 aliphatic rings. The maximum Gasteiger partial charge on any atom is 0.318 e. The van der Waals surface area contributed by atoms with Crippen LogP contribution in [0.4, 0.5) is 4.79 Å². The molecule has 1 heterocycles. The Hall–Kier alpha value is -1.17. The molecule has 0 aromatic heterocycles. The summed E-state index contributed by atoms with van der Waals surface area (Å²) in [7, 11) is 0. The number of hydrogen-bond acceptors (Lipinski definition) is 3. The first kappa shape index (κ1) is 13.3. The van der Waals surface area contributed by atoms with Gasteiger partial charge in [0.25, 0.3) is 0 Å². The van der Waals surface area contributed by atoms with Crippen molar-refractivity contribution in [3.8, 4) is 0 Å². The average molecular weight is 270 g/mol. The highest BCUT2D eigenvalue weighted by molar-refractivity contribution is 7.99. The van der Waals surface area contributed by atoms with Gasteiger partial charge in [0.15, 0.2) is 0 Å². The van der Waals surface area contributed by atoms with E-state index in [1.54, 1.807) is 12.2 Å². The molecule has 2 N–H and O–H groups in total. The summed E-state index contributed by atoms with van der Waals surface area (Å²) in [5.41, 5.74) is 0. The van der Waals surface area contributed by atoms with E-state index in [-0.39, 0.29) is 18.1 Å². The van der Waals surface area contributed by atoms with Crippen molar-refractivity contribution in [2.24, 2.45) is 5.92 Å². The van der Waals surface area contributed by atoms with Gasteiger partial charge in [-0.1, -0.05) is 12.2 Å². The summed E-state index contributed by atoms with van der Waals surface area (Å²) in [6.45, 7) is 2.80. The molecule has 2 amide bonds. The van der Waals surface area contributed by atoms with Crippen LogP contribution >= 0.6 is 11.8 Å². The summed E-state index contributed by atoms with van der Waals surface area (Å²) in [6, 6.07) is 0.00766. The first-order chi connectivity index (χ1) is 8.58. The fourth-order valence-electron chi connectivity index (χ4n) is 2.26. The lowest BCUT2D eigenvalue weighted by Crippen LogP contribution is -2.51. The molecular weight excluding hydrogens is 252 g/mol. The Balaban J connectivity index is 1.85. The molecule has 5 nitrogen and oxygen atoms in total. The molecule has 0 spiro atoms. The van der Waals surface area contributed by atoms with E-state index < -0.39 is 11.9 Å². The quantitative estimate of drug-likeness (QED) is 0.739. The summed E-state index contributed by atoms with van der Waals surface area (Å²) in [5.74, 6) is 0.636. The summed E-state index contributed by atoms with van der Waals surface area (Å²) in [6.07, 6.45) is 3.89. The number of carbonyl (C=O) groups is 2. The van der Waals surface area contributed by atoms with Crippen molar-refractivity contribution in [3.63, 3.8) is 0 Å². The fraction of sp³-hybridized carbons (Fsp3) is 0.667. The number of hydrogen-bond donors (Lipinski definition) is 2. The molecule has 100 valence electrons. The number of carboxylic acid groups (broad SMARTS) is 1. The molecule has 18 heavy (non-hydrogen) atoms. The maximum absolute atomic E-state index is 12.1. The standard InChI is InChI=1S/C12H18N2O3S/c1-8-7-18-5-4-14(8)12(17)13-10-3-2-9(6-10)11(15)16/h2-3,8-10H,4-7H2,1H3,(H,13,17)(H,15,16). The van der Waals surface area contributed by atoms with Gasteiger partial charge in [0.1, 0.15) is 0 Å². The van der Waals surface area contributed by atoms with E-state index in [0.717, 1.165) is 18.1 Å². The largest absolute Gasteiger partial charge is 0.481 e. The smallest absolute Gasteiger partial charge is 0.318 e. The molecule has 6 heteroatoms. The van der Waals surface area contributed by atoms with Crippen molar-refractivity contribution in [2.45, 2.75) is 25.4 Å².